The van der Waals surface area contributed by atoms with Crippen LogP contribution in [0.2, 0.25) is 0 Å². The Hall–Kier alpha value is -1.98. The molecule has 0 unspecified atom stereocenters. The lowest BCUT2D eigenvalue weighted by Crippen LogP contribution is -2.45. The highest BCUT2D eigenvalue weighted by Crippen LogP contribution is 2.35. The summed E-state index contributed by atoms with van der Waals surface area (Å²) in [7, 11) is 1.73. The van der Waals surface area contributed by atoms with Crippen LogP contribution in [-0.4, -0.2) is 37.3 Å². The van der Waals surface area contributed by atoms with Crippen molar-refractivity contribution in [3.63, 3.8) is 0 Å². The van der Waals surface area contributed by atoms with Crippen LogP contribution >= 0.6 is 15.9 Å². The number of halogens is 1. The minimum absolute atomic E-state index is 0.114. The van der Waals surface area contributed by atoms with Gasteiger partial charge in [0.25, 0.3) is 0 Å². The molecule has 124 valence electrons. The van der Waals surface area contributed by atoms with Gasteiger partial charge in [0.05, 0.1) is 5.69 Å². The number of nitrogens with one attached hydrogen (secondary N) is 1. The second kappa shape index (κ2) is 6.64. The molecule has 1 heterocycles. The molecule has 23 heavy (non-hydrogen) atoms. The fraction of sp³-hybridized carbons (Fsp3) is 0.438. The van der Waals surface area contributed by atoms with Gasteiger partial charge in [-0.3, -0.25) is 0 Å². The number of fused-ring (bicyclic) bond motifs is 1. The standard InChI is InChI=1S/C16H19BrN2O4/c1-16(2,3)23-15(21)18-11-9-22-14-6-5-10(17)7-12(14)19(4)13(11)8-20/h5-7,11H,9H2,1-4H3,(H,18,21)/t11-/m1/s1. The van der Waals surface area contributed by atoms with E-state index in [9.17, 15) is 9.59 Å². The fourth-order valence-electron chi connectivity index (χ4n) is 2.19. The molecule has 1 amide bonds. The van der Waals surface area contributed by atoms with Crippen molar-refractivity contribution >= 4 is 33.7 Å². The van der Waals surface area contributed by atoms with E-state index in [1.54, 1.807) is 38.8 Å². The number of hydrogen-bond acceptors (Lipinski definition) is 5. The molecule has 6 nitrogen and oxygen atoms in total. The summed E-state index contributed by atoms with van der Waals surface area (Å²) in [6, 6.07) is 4.83. The van der Waals surface area contributed by atoms with Crippen LogP contribution < -0.4 is 15.0 Å². The summed E-state index contributed by atoms with van der Waals surface area (Å²) in [5.74, 6) is 2.52. The van der Waals surface area contributed by atoms with Gasteiger partial charge < -0.3 is 19.7 Å². The Labute approximate surface area is 143 Å². The summed E-state index contributed by atoms with van der Waals surface area (Å²) in [6.45, 7) is 5.42. The van der Waals surface area contributed by atoms with Crippen LogP contribution in [0, 0.1) is 0 Å². The Bertz CT molecular complexity index is 663. The molecule has 2 rings (SSSR count). The van der Waals surface area contributed by atoms with Gasteiger partial charge in [0.1, 0.15) is 35.6 Å². The average Bonchev–Trinajstić information content (AvgIpc) is 2.55. The third-order valence-corrected chi connectivity index (χ3v) is 3.67. The van der Waals surface area contributed by atoms with E-state index >= 15 is 0 Å². The van der Waals surface area contributed by atoms with E-state index in [4.69, 9.17) is 9.47 Å². The molecule has 1 N–H and O–H groups in total. The molecule has 1 aromatic rings. The number of alkyl carbamates (subject to hydrolysis) is 1. The first-order valence-electron chi connectivity index (χ1n) is 7.12. The molecule has 0 saturated carbocycles. The highest BCUT2D eigenvalue weighted by atomic mass is 79.9. The normalized spacial score (nSPS) is 17.5. The molecule has 0 fully saturated rings. The number of carbonyl (C=O) groups excluding carboxylic acids is 2. The number of carbonyl (C=O) groups is 1. The van der Waals surface area contributed by atoms with Crippen LogP contribution in [0.1, 0.15) is 20.8 Å². The van der Waals surface area contributed by atoms with E-state index in [2.05, 4.69) is 21.2 Å². The van der Waals surface area contributed by atoms with Gasteiger partial charge in [0.15, 0.2) is 0 Å². The van der Waals surface area contributed by atoms with Crippen molar-refractivity contribution in [2.45, 2.75) is 32.4 Å². The minimum atomic E-state index is -0.654. The average molecular weight is 383 g/mol. The molecule has 0 aromatic heterocycles. The van der Waals surface area contributed by atoms with Crippen LogP contribution in [0.5, 0.6) is 5.75 Å². The Morgan fingerprint density at radius 3 is 2.78 bits per heavy atom. The molecule has 0 radical (unpaired) electrons. The number of rotatable bonds is 1. The second-order valence-electron chi connectivity index (χ2n) is 6.17. The van der Waals surface area contributed by atoms with Crippen LogP contribution in [0.15, 0.2) is 28.4 Å². The molecule has 1 aliphatic rings. The predicted octanol–water partition coefficient (Wildman–Crippen LogP) is 2.89. The second-order valence-corrected chi connectivity index (χ2v) is 7.08. The highest BCUT2D eigenvalue weighted by molar-refractivity contribution is 9.10. The predicted molar refractivity (Wildman–Crippen MR) is 90.4 cm³/mol. The maximum absolute atomic E-state index is 12.0. The van der Waals surface area contributed by atoms with E-state index in [0.29, 0.717) is 11.4 Å². The minimum Gasteiger partial charge on any atom is -0.489 e. The number of likely N-dealkylation sites (N-methyl/N-ethyl adjacent to an activating group) is 1. The largest absolute Gasteiger partial charge is 0.489 e. The van der Waals surface area contributed by atoms with Gasteiger partial charge in [0.2, 0.25) is 0 Å². The third kappa shape index (κ3) is 4.27. The first-order chi connectivity index (χ1) is 10.7. The Kier molecular flexibility index (Phi) is 5.02. The molecule has 1 aliphatic heterocycles. The zero-order valence-corrected chi connectivity index (χ0v) is 15.1. The Balaban J connectivity index is 2.25. The molecule has 0 spiro atoms. The molecule has 0 aliphatic carbocycles. The number of benzene rings is 1. The first kappa shape index (κ1) is 17.4. The summed E-state index contributed by atoms with van der Waals surface area (Å²) < 4.78 is 11.8. The van der Waals surface area contributed by atoms with Crippen molar-refractivity contribution in [3.05, 3.63) is 28.4 Å². The number of anilines is 1. The smallest absolute Gasteiger partial charge is 0.408 e. The number of ether oxygens (including phenoxy) is 2. The molecule has 0 bridgehead atoms. The first-order valence-corrected chi connectivity index (χ1v) is 7.91. The highest BCUT2D eigenvalue weighted by Gasteiger charge is 2.30. The van der Waals surface area contributed by atoms with Crippen molar-refractivity contribution in [2.24, 2.45) is 0 Å². The van der Waals surface area contributed by atoms with E-state index in [1.165, 1.54) is 0 Å². The topological polar surface area (TPSA) is 67.9 Å². The number of amides is 1. The van der Waals surface area contributed by atoms with Crippen molar-refractivity contribution in [3.8, 4) is 5.75 Å². The zero-order chi connectivity index (χ0) is 17.2. The van der Waals surface area contributed by atoms with Crippen LogP contribution in [0.3, 0.4) is 0 Å². The van der Waals surface area contributed by atoms with Gasteiger partial charge in [-0.15, -0.1) is 0 Å². The molecule has 1 aromatic carbocycles. The summed E-state index contributed by atoms with van der Waals surface area (Å²) in [5.41, 5.74) is 0.361. The van der Waals surface area contributed by atoms with Crippen LogP contribution in [0.4, 0.5) is 10.5 Å². The van der Waals surface area contributed by atoms with Crippen molar-refractivity contribution in [1.29, 1.82) is 0 Å². The molecular formula is C16H19BrN2O4. The number of hydrogen-bond donors (Lipinski definition) is 1. The SMILES string of the molecule is CN1C(=C=O)[C@H](NC(=O)OC(C)(C)C)COc2ccc(Br)cc21. The summed E-state index contributed by atoms with van der Waals surface area (Å²) in [5, 5.41) is 2.66. The lowest BCUT2D eigenvalue weighted by atomic mass is 10.2. The van der Waals surface area contributed by atoms with Gasteiger partial charge in [-0.05, 0) is 39.0 Å². The monoisotopic (exact) mass is 382 g/mol. The van der Waals surface area contributed by atoms with Crippen molar-refractivity contribution in [2.75, 3.05) is 18.6 Å². The van der Waals surface area contributed by atoms with E-state index < -0.39 is 17.7 Å². The van der Waals surface area contributed by atoms with Gasteiger partial charge in [-0.1, -0.05) is 15.9 Å². The van der Waals surface area contributed by atoms with E-state index in [1.807, 2.05) is 18.1 Å². The Morgan fingerprint density at radius 1 is 1.48 bits per heavy atom. The lowest BCUT2D eigenvalue weighted by Gasteiger charge is -2.25. The molecular weight excluding hydrogens is 364 g/mol. The quantitative estimate of drug-likeness (QED) is 0.756. The molecule has 1 atom stereocenters. The van der Waals surface area contributed by atoms with E-state index in [-0.39, 0.29) is 12.3 Å². The maximum atomic E-state index is 12.0. The van der Waals surface area contributed by atoms with Gasteiger partial charge in [-0.2, -0.15) is 0 Å². The zero-order valence-electron chi connectivity index (χ0n) is 13.5. The lowest BCUT2D eigenvalue weighted by molar-refractivity contribution is 0.0500. The maximum Gasteiger partial charge on any atom is 0.408 e. The van der Waals surface area contributed by atoms with Gasteiger partial charge in [0, 0.05) is 11.5 Å². The third-order valence-electron chi connectivity index (χ3n) is 3.17. The Morgan fingerprint density at radius 2 is 2.17 bits per heavy atom. The molecule has 0 saturated heterocycles. The van der Waals surface area contributed by atoms with Gasteiger partial charge >= 0.3 is 6.09 Å². The summed E-state index contributed by atoms with van der Waals surface area (Å²) >= 11 is 3.39. The van der Waals surface area contributed by atoms with Gasteiger partial charge in [-0.25, -0.2) is 9.59 Å². The fourth-order valence-corrected chi connectivity index (χ4v) is 2.54. The number of nitrogens with zero attached hydrogens (tertiary/aromatic N) is 1. The van der Waals surface area contributed by atoms with Crippen molar-refractivity contribution in [1.82, 2.24) is 5.32 Å². The summed E-state index contributed by atoms with van der Waals surface area (Å²) in [4.78, 5) is 25.1. The van der Waals surface area contributed by atoms with Crippen LogP contribution in [-0.2, 0) is 9.53 Å². The summed E-state index contributed by atoms with van der Waals surface area (Å²) in [6.07, 6.45) is -0.612. The van der Waals surface area contributed by atoms with E-state index in [0.717, 1.165) is 4.47 Å². The van der Waals surface area contributed by atoms with Crippen LogP contribution in [0.25, 0.3) is 0 Å². The molecule has 7 heteroatoms. The van der Waals surface area contributed by atoms with Crippen molar-refractivity contribution < 1.29 is 19.1 Å².